The number of nitrogens with zero attached hydrogens (tertiary/aromatic N) is 1. The van der Waals surface area contributed by atoms with Crippen molar-refractivity contribution in [2.75, 3.05) is 24.5 Å². The van der Waals surface area contributed by atoms with Crippen molar-refractivity contribution in [2.24, 2.45) is 5.92 Å². The maximum atomic E-state index is 6.35. The molecule has 2 nitrogen and oxygen atoms in total. The number of benzene rings is 1. The monoisotopic (exact) mass is 266 g/mol. The van der Waals surface area contributed by atoms with Gasteiger partial charge in [-0.25, -0.2) is 0 Å². The van der Waals surface area contributed by atoms with Crippen LogP contribution >= 0.6 is 11.6 Å². The normalized spacial score (nSPS) is 14.8. The van der Waals surface area contributed by atoms with Crippen LogP contribution in [-0.2, 0) is 6.54 Å². The molecule has 2 rings (SSSR count). The third-order valence-electron chi connectivity index (χ3n) is 3.54. The molecule has 0 radical (unpaired) electrons. The summed E-state index contributed by atoms with van der Waals surface area (Å²) in [7, 11) is 0. The second-order valence-corrected chi connectivity index (χ2v) is 5.41. The fourth-order valence-electron chi connectivity index (χ4n) is 2.28. The molecule has 1 aromatic carbocycles. The lowest BCUT2D eigenvalue weighted by molar-refractivity contribution is 0.706. The second-order valence-electron chi connectivity index (χ2n) is 5.00. The van der Waals surface area contributed by atoms with Crippen LogP contribution in [0.3, 0.4) is 0 Å². The van der Waals surface area contributed by atoms with Gasteiger partial charge in [-0.1, -0.05) is 24.6 Å². The first-order chi connectivity index (χ1) is 8.76. The van der Waals surface area contributed by atoms with Crippen LogP contribution in [0.2, 0.25) is 5.02 Å². The lowest BCUT2D eigenvalue weighted by Gasteiger charge is -2.26. The molecule has 0 aliphatic heterocycles. The van der Waals surface area contributed by atoms with Gasteiger partial charge in [0.15, 0.2) is 0 Å². The summed E-state index contributed by atoms with van der Waals surface area (Å²) in [5.41, 5.74) is 2.54. The van der Waals surface area contributed by atoms with E-state index in [2.05, 4.69) is 36.2 Å². The molecule has 0 saturated heterocycles. The molecule has 0 unspecified atom stereocenters. The average Bonchev–Trinajstić information content (AvgIpc) is 3.18. The van der Waals surface area contributed by atoms with Crippen molar-refractivity contribution in [2.45, 2.75) is 33.2 Å². The number of rotatable bonds is 7. The molecular formula is C15H23ClN2. The van der Waals surface area contributed by atoms with Crippen molar-refractivity contribution >= 4 is 17.3 Å². The minimum absolute atomic E-state index is 0.854. The molecule has 1 aliphatic carbocycles. The maximum absolute atomic E-state index is 6.35. The minimum Gasteiger partial charge on any atom is -0.371 e. The van der Waals surface area contributed by atoms with E-state index >= 15 is 0 Å². The van der Waals surface area contributed by atoms with Gasteiger partial charge in [0.1, 0.15) is 0 Å². The number of anilines is 1. The van der Waals surface area contributed by atoms with Gasteiger partial charge < -0.3 is 10.2 Å². The predicted octanol–water partition coefficient (Wildman–Crippen LogP) is 3.69. The average molecular weight is 267 g/mol. The Balaban J connectivity index is 2.19. The summed E-state index contributed by atoms with van der Waals surface area (Å²) < 4.78 is 0. The summed E-state index contributed by atoms with van der Waals surface area (Å²) in [6.45, 7) is 8.40. The van der Waals surface area contributed by atoms with Crippen LogP contribution in [-0.4, -0.2) is 19.6 Å². The van der Waals surface area contributed by atoms with E-state index in [-0.39, 0.29) is 0 Å². The predicted molar refractivity (Wildman–Crippen MR) is 79.4 cm³/mol. The number of halogens is 1. The lowest BCUT2D eigenvalue weighted by Crippen LogP contribution is -2.27. The van der Waals surface area contributed by atoms with Gasteiger partial charge in [0.25, 0.3) is 0 Å². The van der Waals surface area contributed by atoms with Crippen LogP contribution < -0.4 is 10.2 Å². The fraction of sp³-hybridized carbons (Fsp3) is 0.600. The van der Waals surface area contributed by atoms with E-state index in [9.17, 15) is 0 Å². The molecule has 3 heteroatoms. The third kappa shape index (κ3) is 3.39. The Morgan fingerprint density at radius 2 is 2.11 bits per heavy atom. The highest BCUT2D eigenvalue weighted by Gasteiger charge is 2.25. The van der Waals surface area contributed by atoms with Gasteiger partial charge in [-0.05, 0) is 44.4 Å². The summed E-state index contributed by atoms with van der Waals surface area (Å²) in [5.74, 6) is 0.899. The molecule has 0 heterocycles. The summed E-state index contributed by atoms with van der Waals surface area (Å²) in [6.07, 6.45) is 2.78. The SMILES string of the molecule is CCNCc1c(Cl)cccc1N(CC)CC1CC1. The van der Waals surface area contributed by atoms with Gasteiger partial charge in [0, 0.05) is 35.9 Å². The highest BCUT2D eigenvalue weighted by atomic mass is 35.5. The van der Waals surface area contributed by atoms with E-state index in [1.165, 1.54) is 30.6 Å². The van der Waals surface area contributed by atoms with E-state index in [4.69, 9.17) is 11.6 Å². The van der Waals surface area contributed by atoms with Gasteiger partial charge >= 0.3 is 0 Å². The van der Waals surface area contributed by atoms with E-state index < -0.39 is 0 Å². The molecule has 0 amide bonds. The number of hydrogen-bond acceptors (Lipinski definition) is 2. The number of hydrogen-bond donors (Lipinski definition) is 1. The van der Waals surface area contributed by atoms with Gasteiger partial charge in [0.2, 0.25) is 0 Å². The molecular weight excluding hydrogens is 244 g/mol. The molecule has 0 bridgehead atoms. The van der Waals surface area contributed by atoms with E-state index in [1.54, 1.807) is 0 Å². The Bertz CT molecular complexity index is 388. The summed E-state index contributed by atoms with van der Waals surface area (Å²) in [4.78, 5) is 2.47. The van der Waals surface area contributed by atoms with Crippen molar-refractivity contribution in [1.29, 1.82) is 0 Å². The van der Waals surface area contributed by atoms with Gasteiger partial charge in [-0.15, -0.1) is 0 Å². The standard InChI is InChI=1S/C15H23ClN2/c1-3-17-10-13-14(16)6-5-7-15(13)18(4-2)11-12-8-9-12/h5-7,12,17H,3-4,8-11H2,1-2H3. The highest BCUT2D eigenvalue weighted by molar-refractivity contribution is 6.31. The van der Waals surface area contributed by atoms with Crippen molar-refractivity contribution in [1.82, 2.24) is 5.32 Å². The Morgan fingerprint density at radius 3 is 2.72 bits per heavy atom. The first kappa shape index (κ1) is 13.7. The molecule has 0 spiro atoms. The Hall–Kier alpha value is -0.730. The lowest BCUT2D eigenvalue weighted by atomic mass is 10.1. The fourth-order valence-corrected chi connectivity index (χ4v) is 2.51. The molecule has 0 atom stereocenters. The summed E-state index contributed by atoms with van der Waals surface area (Å²) >= 11 is 6.35. The maximum Gasteiger partial charge on any atom is 0.0471 e. The minimum atomic E-state index is 0.854. The largest absolute Gasteiger partial charge is 0.371 e. The van der Waals surface area contributed by atoms with Crippen LogP contribution in [0.15, 0.2) is 18.2 Å². The second kappa shape index (κ2) is 6.44. The van der Waals surface area contributed by atoms with Crippen molar-refractivity contribution in [3.05, 3.63) is 28.8 Å². The Morgan fingerprint density at radius 1 is 1.33 bits per heavy atom. The van der Waals surface area contributed by atoms with Crippen LogP contribution in [0, 0.1) is 5.92 Å². The van der Waals surface area contributed by atoms with Gasteiger partial charge in [-0.3, -0.25) is 0 Å². The summed E-state index contributed by atoms with van der Waals surface area (Å²) in [5, 5.41) is 4.26. The first-order valence-corrected chi connectivity index (χ1v) is 7.37. The zero-order valence-corrected chi connectivity index (χ0v) is 12.1. The molecule has 18 heavy (non-hydrogen) atoms. The molecule has 100 valence electrons. The van der Waals surface area contributed by atoms with Crippen molar-refractivity contribution < 1.29 is 0 Å². The van der Waals surface area contributed by atoms with Gasteiger partial charge in [-0.2, -0.15) is 0 Å². The summed E-state index contributed by atoms with van der Waals surface area (Å²) in [6, 6.07) is 6.25. The molecule has 1 saturated carbocycles. The molecule has 1 aromatic rings. The number of nitrogens with one attached hydrogen (secondary N) is 1. The Kier molecular flexibility index (Phi) is 4.90. The first-order valence-electron chi connectivity index (χ1n) is 6.99. The van der Waals surface area contributed by atoms with E-state index in [1.807, 2.05) is 6.07 Å². The van der Waals surface area contributed by atoms with Crippen LogP contribution in [0.1, 0.15) is 32.3 Å². The molecule has 1 aliphatic rings. The van der Waals surface area contributed by atoms with Crippen LogP contribution in [0.4, 0.5) is 5.69 Å². The third-order valence-corrected chi connectivity index (χ3v) is 3.90. The topological polar surface area (TPSA) is 15.3 Å². The van der Waals surface area contributed by atoms with E-state index in [0.29, 0.717) is 0 Å². The molecule has 1 fully saturated rings. The van der Waals surface area contributed by atoms with Crippen molar-refractivity contribution in [3.63, 3.8) is 0 Å². The van der Waals surface area contributed by atoms with E-state index in [0.717, 1.165) is 30.6 Å². The van der Waals surface area contributed by atoms with Crippen molar-refractivity contribution in [3.8, 4) is 0 Å². The zero-order chi connectivity index (χ0) is 13.0. The van der Waals surface area contributed by atoms with Gasteiger partial charge in [0.05, 0.1) is 0 Å². The van der Waals surface area contributed by atoms with Crippen LogP contribution in [0.25, 0.3) is 0 Å². The Labute approximate surface area is 115 Å². The molecule has 0 aromatic heterocycles. The quantitative estimate of drug-likeness (QED) is 0.810. The van der Waals surface area contributed by atoms with Crippen LogP contribution in [0.5, 0.6) is 0 Å². The highest BCUT2D eigenvalue weighted by Crippen LogP contribution is 2.34. The molecule has 1 N–H and O–H groups in total. The smallest absolute Gasteiger partial charge is 0.0471 e. The zero-order valence-electron chi connectivity index (χ0n) is 11.4.